The van der Waals surface area contributed by atoms with Gasteiger partial charge in [0.05, 0.1) is 23.6 Å². The minimum atomic E-state index is -1.28. The van der Waals surface area contributed by atoms with E-state index < -0.39 is 23.5 Å². The summed E-state index contributed by atoms with van der Waals surface area (Å²) < 4.78 is 0. The maximum Gasteiger partial charge on any atom is 0.321 e. The molecule has 5 rings (SSSR count). The Bertz CT molecular complexity index is 1430. The fourth-order valence-corrected chi connectivity index (χ4v) is 4.42. The molecule has 1 aromatic heterocycles. The molecule has 3 amide bonds. The van der Waals surface area contributed by atoms with Crippen LogP contribution in [-0.4, -0.2) is 54.2 Å². The van der Waals surface area contributed by atoms with Crippen molar-refractivity contribution in [1.29, 1.82) is 0 Å². The van der Waals surface area contributed by atoms with Crippen LogP contribution >= 0.6 is 0 Å². The first kappa shape index (κ1) is 26.1. The molecule has 2 aliphatic heterocycles. The number of ketones is 1. The normalized spacial score (nSPS) is 16.9. The topological polar surface area (TPSA) is 107 Å². The number of anilines is 3. The SMILES string of the molecule is CC(C)(C)C(=O)CN1C(=O)C(NC(=O)Nc2cccc(N3CCC3)c2)N=C(c2ccccn2)c2ccccc21. The molecular formula is C30H32N6O3. The van der Waals surface area contributed by atoms with Gasteiger partial charge in [0, 0.05) is 41.6 Å². The molecule has 2 N–H and O–H groups in total. The largest absolute Gasteiger partial charge is 0.371 e. The number of nitrogens with one attached hydrogen (secondary N) is 2. The molecule has 3 heterocycles. The minimum Gasteiger partial charge on any atom is -0.371 e. The van der Waals surface area contributed by atoms with Crippen LogP contribution in [0.1, 0.15) is 38.4 Å². The van der Waals surface area contributed by atoms with Crippen molar-refractivity contribution in [2.24, 2.45) is 10.4 Å². The number of Topliss-reactive ketones (excluding diaryl/α,β-unsaturated/α-hetero) is 1. The summed E-state index contributed by atoms with van der Waals surface area (Å²) in [5.74, 6) is -0.617. The Kier molecular flexibility index (Phi) is 7.15. The molecule has 1 atom stereocenters. The van der Waals surface area contributed by atoms with Crippen molar-refractivity contribution in [3.63, 3.8) is 0 Å². The zero-order chi connectivity index (χ0) is 27.6. The first-order chi connectivity index (χ1) is 18.7. The summed E-state index contributed by atoms with van der Waals surface area (Å²) in [6.45, 7) is 7.27. The average Bonchev–Trinajstić information content (AvgIpc) is 2.98. The van der Waals surface area contributed by atoms with Crippen LogP contribution in [0.3, 0.4) is 0 Å². The van der Waals surface area contributed by atoms with E-state index in [1.807, 2.05) is 63.2 Å². The summed E-state index contributed by atoms with van der Waals surface area (Å²) in [7, 11) is 0. The lowest BCUT2D eigenvalue weighted by Gasteiger charge is -2.33. The van der Waals surface area contributed by atoms with Gasteiger partial charge in [0.1, 0.15) is 0 Å². The van der Waals surface area contributed by atoms with Crippen molar-refractivity contribution < 1.29 is 14.4 Å². The zero-order valence-corrected chi connectivity index (χ0v) is 22.3. The van der Waals surface area contributed by atoms with Crippen LogP contribution in [0.25, 0.3) is 0 Å². The van der Waals surface area contributed by atoms with Gasteiger partial charge in [0.2, 0.25) is 6.17 Å². The Hall–Kier alpha value is -4.53. The molecule has 2 aliphatic rings. The first-order valence-electron chi connectivity index (χ1n) is 13.1. The molecule has 200 valence electrons. The molecule has 0 aliphatic carbocycles. The number of nitrogens with zero attached hydrogens (tertiary/aromatic N) is 4. The van der Waals surface area contributed by atoms with Gasteiger partial charge < -0.3 is 20.4 Å². The highest BCUT2D eigenvalue weighted by molar-refractivity contribution is 6.20. The third kappa shape index (κ3) is 5.67. The molecule has 1 unspecified atom stereocenters. The highest BCUT2D eigenvalue weighted by Gasteiger charge is 2.36. The van der Waals surface area contributed by atoms with Gasteiger partial charge >= 0.3 is 6.03 Å². The van der Waals surface area contributed by atoms with E-state index >= 15 is 0 Å². The van der Waals surface area contributed by atoms with E-state index in [9.17, 15) is 14.4 Å². The summed E-state index contributed by atoms with van der Waals surface area (Å²) in [5, 5.41) is 5.56. The highest BCUT2D eigenvalue weighted by atomic mass is 16.2. The van der Waals surface area contributed by atoms with E-state index in [4.69, 9.17) is 4.99 Å². The van der Waals surface area contributed by atoms with Gasteiger partial charge in [-0.25, -0.2) is 9.79 Å². The van der Waals surface area contributed by atoms with E-state index in [-0.39, 0.29) is 12.3 Å². The fourth-order valence-electron chi connectivity index (χ4n) is 4.42. The molecule has 1 saturated heterocycles. The van der Waals surface area contributed by atoms with Crippen LogP contribution in [-0.2, 0) is 9.59 Å². The summed E-state index contributed by atoms with van der Waals surface area (Å²) in [6, 6.07) is 19.7. The average molecular weight is 525 g/mol. The molecule has 9 nitrogen and oxygen atoms in total. The maximum atomic E-state index is 13.9. The molecule has 9 heteroatoms. The fraction of sp³-hybridized carbons (Fsp3) is 0.300. The Morgan fingerprint density at radius 2 is 1.77 bits per heavy atom. The van der Waals surface area contributed by atoms with Crippen LogP contribution in [0.4, 0.5) is 21.9 Å². The second-order valence-electron chi connectivity index (χ2n) is 10.7. The third-order valence-electron chi connectivity index (χ3n) is 6.85. The lowest BCUT2D eigenvalue weighted by Crippen LogP contribution is -2.50. The molecular weight excluding hydrogens is 492 g/mol. The second kappa shape index (κ2) is 10.7. The number of benzene rings is 2. The van der Waals surface area contributed by atoms with E-state index in [0.717, 1.165) is 25.2 Å². The van der Waals surface area contributed by atoms with Crippen molar-refractivity contribution in [2.75, 3.05) is 34.8 Å². The number of pyridine rings is 1. The van der Waals surface area contributed by atoms with Crippen molar-refractivity contribution in [1.82, 2.24) is 10.3 Å². The summed E-state index contributed by atoms with van der Waals surface area (Å²) in [6.07, 6.45) is 1.52. The monoisotopic (exact) mass is 524 g/mol. The van der Waals surface area contributed by atoms with Gasteiger partial charge in [-0.15, -0.1) is 0 Å². The number of amides is 3. The maximum absolute atomic E-state index is 13.9. The van der Waals surface area contributed by atoms with Crippen molar-refractivity contribution in [2.45, 2.75) is 33.4 Å². The van der Waals surface area contributed by atoms with E-state index in [0.29, 0.717) is 28.3 Å². The number of carbonyl (C=O) groups is 3. The molecule has 0 saturated carbocycles. The predicted octanol–water partition coefficient (Wildman–Crippen LogP) is 4.24. The Balaban J connectivity index is 1.48. The first-order valence-corrected chi connectivity index (χ1v) is 13.1. The Labute approximate surface area is 227 Å². The molecule has 0 spiro atoms. The van der Waals surface area contributed by atoms with Crippen LogP contribution in [0, 0.1) is 5.41 Å². The van der Waals surface area contributed by atoms with Gasteiger partial charge in [0.25, 0.3) is 5.91 Å². The number of benzodiazepines with no additional fused rings is 1. The number of para-hydroxylation sites is 1. The van der Waals surface area contributed by atoms with Crippen molar-refractivity contribution >= 4 is 40.5 Å². The lowest BCUT2D eigenvalue weighted by molar-refractivity contribution is -0.127. The molecule has 0 bridgehead atoms. The van der Waals surface area contributed by atoms with Gasteiger partial charge in [0.15, 0.2) is 5.78 Å². The molecule has 39 heavy (non-hydrogen) atoms. The standard InChI is InChI=1S/C30H32N6O3/c1-30(2,3)25(37)19-36-24-14-5-4-12-22(24)26(23-13-6-7-15-31-23)33-27(28(36)38)34-29(39)32-20-10-8-11-21(18-20)35-16-9-17-35/h4-8,10-15,18,27H,9,16-17,19H2,1-3H3,(H2,32,34,39). The van der Waals surface area contributed by atoms with E-state index in [2.05, 4.69) is 20.5 Å². The van der Waals surface area contributed by atoms with Crippen LogP contribution in [0.5, 0.6) is 0 Å². The third-order valence-corrected chi connectivity index (χ3v) is 6.85. The predicted molar refractivity (Wildman–Crippen MR) is 152 cm³/mol. The zero-order valence-electron chi connectivity index (χ0n) is 22.3. The lowest BCUT2D eigenvalue weighted by atomic mass is 9.90. The number of urea groups is 1. The molecule has 3 aromatic rings. The number of hydrogen-bond acceptors (Lipinski definition) is 6. The molecule has 0 radical (unpaired) electrons. The van der Waals surface area contributed by atoms with Crippen LogP contribution in [0.15, 0.2) is 77.9 Å². The van der Waals surface area contributed by atoms with E-state index in [1.165, 1.54) is 4.90 Å². The second-order valence-corrected chi connectivity index (χ2v) is 10.7. The van der Waals surface area contributed by atoms with Gasteiger partial charge in [-0.1, -0.05) is 51.1 Å². The van der Waals surface area contributed by atoms with Gasteiger partial charge in [-0.2, -0.15) is 0 Å². The number of fused-ring (bicyclic) bond motifs is 1. The van der Waals surface area contributed by atoms with E-state index in [1.54, 1.807) is 30.5 Å². The number of aliphatic imine (C=N–C) groups is 1. The smallest absolute Gasteiger partial charge is 0.321 e. The van der Waals surface area contributed by atoms with Crippen LogP contribution < -0.4 is 20.4 Å². The summed E-state index contributed by atoms with van der Waals surface area (Å²) in [5.41, 5.74) is 3.17. The quantitative estimate of drug-likeness (QED) is 0.502. The van der Waals surface area contributed by atoms with Gasteiger partial charge in [-0.05, 0) is 42.8 Å². The number of aromatic nitrogens is 1. The van der Waals surface area contributed by atoms with Crippen molar-refractivity contribution in [3.8, 4) is 0 Å². The summed E-state index contributed by atoms with van der Waals surface area (Å²) >= 11 is 0. The van der Waals surface area contributed by atoms with Gasteiger partial charge in [-0.3, -0.25) is 14.6 Å². The van der Waals surface area contributed by atoms with Crippen molar-refractivity contribution in [3.05, 3.63) is 84.2 Å². The number of hydrogen-bond donors (Lipinski definition) is 2. The number of carbonyl (C=O) groups excluding carboxylic acids is 3. The Morgan fingerprint density at radius 1 is 1.00 bits per heavy atom. The molecule has 1 fully saturated rings. The Morgan fingerprint density at radius 3 is 2.46 bits per heavy atom. The molecule has 2 aromatic carbocycles. The highest BCUT2D eigenvalue weighted by Crippen LogP contribution is 2.29. The number of rotatable bonds is 6. The van der Waals surface area contributed by atoms with Crippen LogP contribution in [0.2, 0.25) is 0 Å². The minimum absolute atomic E-state index is 0.113. The summed E-state index contributed by atoms with van der Waals surface area (Å²) in [4.78, 5) is 53.0.